The maximum Gasteiger partial charge on any atom is 0.305 e. The van der Waals surface area contributed by atoms with Crippen LogP contribution in [0.15, 0.2) is 0 Å². The Balaban J connectivity index is 3.11. The van der Waals surface area contributed by atoms with Crippen LogP contribution in [0.25, 0.3) is 0 Å². The molecular formula is C21H42O3. The Labute approximate surface area is 150 Å². The number of unbranched alkanes of at least 4 members (excludes halogenated alkanes) is 11. The monoisotopic (exact) mass is 342 g/mol. The van der Waals surface area contributed by atoms with Crippen LogP contribution in [0.1, 0.15) is 111 Å². The fourth-order valence-corrected chi connectivity index (χ4v) is 2.88. The van der Waals surface area contributed by atoms with E-state index in [1.807, 2.05) is 0 Å². The number of aliphatic hydroxyl groups excluding tert-OH is 1. The summed E-state index contributed by atoms with van der Waals surface area (Å²) in [4.78, 5) is 11.3. The van der Waals surface area contributed by atoms with Crippen molar-refractivity contribution < 1.29 is 14.6 Å². The largest absolute Gasteiger partial charge is 0.463 e. The fourth-order valence-electron chi connectivity index (χ4n) is 2.88. The molecule has 0 saturated carbocycles. The molecule has 0 amide bonds. The van der Waals surface area contributed by atoms with Crippen molar-refractivity contribution in [1.82, 2.24) is 0 Å². The normalized spacial score (nSPS) is 12.5. The van der Waals surface area contributed by atoms with Crippen LogP contribution in [0.4, 0.5) is 0 Å². The van der Waals surface area contributed by atoms with Gasteiger partial charge < -0.3 is 9.84 Å². The Morgan fingerprint density at radius 3 is 1.58 bits per heavy atom. The zero-order chi connectivity index (χ0) is 18.0. The van der Waals surface area contributed by atoms with Crippen molar-refractivity contribution in [1.29, 1.82) is 0 Å². The van der Waals surface area contributed by atoms with E-state index in [0.29, 0.717) is 6.42 Å². The topological polar surface area (TPSA) is 46.5 Å². The van der Waals surface area contributed by atoms with Gasteiger partial charge in [0.15, 0.2) is 0 Å². The number of carbonyl (C=O) groups is 1. The highest BCUT2D eigenvalue weighted by Crippen LogP contribution is 2.14. The molecule has 0 aromatic heterocycles. The first-order valence-corrected chi connectivity index (χ1v) is 10.4. The lowest BCUT2D eigenvalue weighted by atomic mass is 10.0. The molecule has 0 bridgehead atoms. The van der Waals surface area contributed by atoms with Crippen LogP contribution in [0.5, 0.6) is 0 Å². The van der Waals surface area contributed by atoms with Crippen molar-refractivity contribution in [3.05, 3.63) is 0 Å². The second kappa shape index (κ2) is 17.3. The van der Waals surface area contributed by atoms with Crippen LogP contribution in [-0.2, 0) is 9.53 Å². The van der Waals surface area contributed by atoms with E-state index in [2.05, 4.69) is 13.8 Å². The van der Waals surface area contributed by atoms with Gasteiger partial charge >= 0.3 is 5.97 Å². The summed E-state index contributed by atoms with van der Waals surface area (Å²) in [5, 5.41) is 9.03. The van der Waals surface area contributed by atoms with Crippen LogP contribution in [-0.4, -0.2) is 23.8 Å². The van der Waals surface area contributed by atoms with Crippen LogP contribution >= 0.6 is 0 Å². The second-order valence-corrected chi connectivity index (χ2v) is 7.71. The molecule has 3 heteroatoms. The Morgan fingerprint density at radius 1 is 0.750 bits per heavy atom. The van der Waals surface area contributed by atoms with Crippen LogP contribution in [0, 0.1) is 5.92 Å². The number of ether oxygens (including phenoxy) is 1. The van der Waals surface area contributed by atoms with Crippen molar-refractivity contribution in [3.63, 3.8) is 0 Å². The van der Waals surface area contributed by atoms with E-state index < -0.39 is 6.10 Å². The standard InChI is InChI=1S/C21H42O3/c1-19(2)16-14-12-10-8-6-4-5-7-9-11-13-15-17-21(23)24-18-20(3)22/h19-20,22H,4-18H2,1-3H3. The Bertz CT molecular complexity index is 274. The lowest BCUT2D eigenvalue weighted by Gasteiger charge is -2.06. The number of rotatable bonds is 17. The highest BCUT2D eigenvalue weighted by Gasteiger charge is 2.04. The molecular weight excluding hydrogens is 300 g/mol. The van der Waals surface area contributed by atoms with Crippen molar-refractivity contribution in [3.8, 4) is 0 Å². The molecule has 0 fully saturated rings. The number of aliphatic hydroxyl groups is 1. The third kappa shape index (κ3) is 19.5. The number of carbonyl (C=O) groups excluding carboxylic acids is 1. The summed E-state index contributed by atoms with van der Waals surface area (Å²) < 4.78 is 4.93. The summed E-state index contributed by atoms with van der Waals surface area (Å²) >= 11 is 0. The average Bonchev–Trinajstić information content (AvgIpc) is 2.52. The molecule has 24 heavy (non-hydrogen) atoms. The average molecular weight is 343 g/mol. The smallest absolute Gasteiger partial charge is 0.305 e. The summed E-state index contributed by atoms with van der Waals surface area (Å²) in [5.74, 6) is 0.684. The second-order valence-electron chi connectivity index (χ2n) is 7.71. The first-order valence-electron chi connectivity index (χ1n) is 10.4. The van der Waals surface area contributed by atoms with Gasteiger partial charge in [-0.3, -0.25) is 4.79 Å². The molecule has 0 aliphatic carbocycles. The lowest BCUT2D eigenvalue weighted by Crippen LogP contribution is -2.14. The molecule has 0 aromatic carbocycles. The molecule has 1 atom stereocenters. The molecule has 0 spiro atoms. The third-order valence-electron chi connectivity index (χ3n) is 4.40. The first kappa shape index (κ1) is 23.4. The molecule has 144 valence electrons. The predicted octanol–water partition coefficient (Wildman–Crippen LogP) is 6.03. The van der Waals surface area contributed by atoms with Gasteiger partial charge in [0.1, 0.15) is 6.61 Å². The Hall–Kier alpha value is -0.570. The van der Waals surface area contributed by atoms with E-state index >= 15 is 0 Å². The maximum absolute atomic E-state index is 11.3. The molecule has 0 aliphatic rings. The van der Waals surface area contributed by atoms with Gasteiger partial charge in [0.2, 0.25) is 0 Å². The minimum atomic E-state index is -0.561. The minimum absolute atomic E-state index is 0.122. The van der Waals surface area contributed by atoms with E-state index in [-0.39, 0.29) is 12.6 Å². The summed E-state index contributed by atoms with van der Waals surface area (Å²) in [5.41, 5.74) is 0. The van der Waals surface area contributed by atoms with Crippen molar-refractivity contribution in [2.75, 3.05) is 6.61 Å². The highest BCUT2D eigenvalue weighted by atomic mass is 16.5. The van der Waals surface area contributed by atoms with Gasteiger partial charge in [-0.05, 0) is 19.3 Å². The zero-order valence-corrected chi connectivity index (χ0v) is 16.5. The summed E-state index contributed by atoms with van der Waals surface area (Å²) in [6.45, 7) is 6.36. The Kier molecular flexibility index (Phi) is 16.8. The maximum atomic E-state index is 11.3. The van der Waals surface area contributed by atoms with Gasteiger partial charge in [-0.1, -0.05) is 90.9 Å². The van der Waals surface area contributed by atoms with Crippen molar-refractivity contribution in [2.45, 2.75) is 117 Å². The predicted molar refractivity (Wildman–Crippen MR) is 102 cm³/mol. The first-order chi connectivity index (χ1) is 11.5. The van der Waals surface area contributed by atoms with E-state index in [0.717, 1.165) is 18.8 Å². The highest BCUT2D eigenvalue weighted by molar-refractivity contribution is 5.69. The number of hydrogen-bond acceptors (Lipinski definition) is 3. The van der Waals surface area contributed by atoms with Crippen LogP contribution in [0.2, 0.25) is 0 Å². The van der Waals surface area contributed by atoms with Crippen molar-refractivity contribution in [2.24, 2.45) is 5.92 Å². The van der Waals surface area contributed by atoms with E-state index in [1.165, 1.54) is 70.6 Å². The molecule has 0 radical (unpaired) electrons. The van der Waals surface area contributed by atoms with Gasteiger partial charge in [0, 0.05) is 6.42 Å². The van der Waals surface area contributed by atoms with E-state index in [9.17, 15) is 4.79 Å². The minimum Gasteiger partial charge on any atom is -0.463 e. The van der Waals surface area contributed by atoms with Gasteiger partial charge in [-0.25, -0.2) is 0 Å². The molecule has 0 heterocycles. The van der Waals surface area contributed by atoms with Gasteiger partial charge in [0.25, 0.3) is 0 Å². The molecule has 0 aliphatic heterocycles. The SMILES string of the molecule is CC(C)CCCCCCCCCCCCCCC(=O)OCC(C)O. The summed E-state index contributed by atoms with van der Waals surface area (Å²) in [7, 11) is 0. The van der Waals surface area contributed by atoms with Crippen LogP contribution < -0.4 is 0 Å². The molecule has 1 unspecified atom stereocenters. The van der Waals surface area contributed by atoms with Crippen LogP contribution in [0.3, 0.4) is 0 Å². The lowest BCUT2D eigenvalue weighted by molar-refractivity contribution is -0.146. The molecule has 1 N–H and O–H groups in total. The molecule has 0 rings (SSSR count). The van der Waals surface area contributed by atoms with E-state index in [4.69, 9.17) is 9.84 Å². The molecule has 0 saturated heterocycles. The van der Waals surface area contributed by atoms with Crippen molar-refractivity contribution >= 4 is 5.97 Å². The number of hydrogen-bond donors (Lipinski definition) is 1. The fraction of sp³-hybridized carbons (Fsp3) is 0.952. The summed E-state index contributed by atoms with van der Waals surface area (Å²) in [6, 6.07) is 0. The third-order valence-corrected chi connectivity index (χ3v) is 4.40. The molecule has 0 aromatic rings. The molecule has 3 nitrogen and oxygen atoms in total. The van der Waals surface area contributed by atoms with E-state index in [1.54, 1.807) is 6.92 Å². The Morgan fingerprint density at radius 2 is 1.17 bits per heavy atom. The van der Waals surface area contributed by atoms with Gasteiger partial charge in [0.05, 0.1) is 6.10 Å². The summed E-state index contributed by atoms with van der Waals surface area (Å²) in [6.07, 6.45) is 17.0. The quantitative estimate of drug-likeness (QED) is 0.259. The van der Waals surface area contributed by atoms with Gasteiger partial charge in [-0.15, -0.1) is 0 Å². The van der Waals surface area contributed by atoms with Gasteiger partial charge in [-0.2, -0.15) is 0 Å². The number of esters is 1. The zero-order valence-electron chi connectivity index (χ0n) is 16.5.